The summed E-state index contributed by atoms with van der Waals surface area (Å²) in [5, 5.41) is 0. The number of methoxy groups -OCH3 is 2. The Morgan fingerprint density at radius 3 is 1.52 bits per heavy atom. The molecule has 0 unspecified atom stereocenters. The lowest BCUT2D eigenvalue weighted by Crippen LogP contribution is -2.09. The third-order valence-electron chi connectivity index (χ3n) is 4.72. The van der Waals surface area contributed by atoms with E-state index in [0.717, 1.165) is 33.8 Å². The maximum atomic E-state index is 12.1. The maximum Gasteiger partial charge on any atom is 0.140 e. The number of carbonyl (C=O) groups excluding carboxylic acids is 2. The summed E-state index contributed by atoms with van der Waals surface area (Å²) < 4.78 is 10.6. The Hall–Kier alpha value is -2.62. The molecule has 0 aliphatic rings. The lowest BCUT2D eigenvalue weighted by molar-refractivity contribution is -0.126. The minimum absolute atomic E-state index is 0.00594. The van der Waals surface area contributed by atoms with Crippen LogP contribution in [0.5, 0.6) is 11.5 Å². The van der Waals surface area contributed by atoms with Crippen LogP contribution in [0.15, 0.2) is 36.4 Å². The molecule has 0 heterocycles. The van der Waals surface area contributed by atoms with Gasteiger partial charge in [-0.2, -0.15) is 0 Å². The van der Waals surface area contributed by atoms with E-state index in [2.05, 4.69) is 0 Å². The van der Waals surface area contributed by atoms with Crippen molar-refractivity contribution < 1.29 is 19.1 Å². The van der Waals surface area contributed by atoms with Gasteiger partial charge in [-0.1, -0.05) is 24.3 Å². The molecule has 0 aromatic heterocycles. The molecule has 0 aliphatic heterocycles. The van der Waals surface area contributed by atoms with Gasteiger partial charge in [-0.3, -0.25) is 9.59 Å². The average molecular weight is 368 g/mol. The van der Waals surface area contributed by atoms with Crippen LogP contribution in [-0.4, -0.2) is 25.8 Å². The summed E-state index contributed by atoms with van der Waals surface area (Å²) >= 11 is 0. The standard InChI is InChI=1S/C23H28O4/c1-16-5-7-18(13-22(16)26-3)9-11-20(24)15-21(25)12-10-19-8-6-17(2)23(14-19)27-4/h5-8,13-14H,9-12,15H2,1-4H3. The van der Waals surface area contributed by atoms with Crippen LogP contribution in [0.4, 0.5) is 0 Å². The third-order valence-corrected chi connectivity index (χ3v) is 4.72. The number of rotatable bonds is 10. The molecular weight excluding hydrogens is 340 g/mol. The fraction of sp³-hybridized carbons (Fsp3) is 0.391. The second-order valence-electron chi connectivity index (χ2n) is 6.86. The lowest BCUT2D eigenvalue weighted by Gasteiger charge is -2.08. The highest BCUT2D eigenvalue weighted by molar-refractivity contribution is 5.99. The van der Waals surface area contributed by atoms with E-state index in [1.165, 1.54) is 0 Å². The van der Waals surface area contributed by atoms with Gasteiger partial charge in [0.15, 0.2) is 0 Å². The van der Waals surface area contributed by atoms with E-state index in [4.69, 9.17) is 9.47 Å². The van der Waals surface area contributed by atoms with E-state index in [1.807, 2.05) is 50.2 Å². The average Bonchev–Trinajstić information content (AvgIpc) is 2.66. The number of hydrogen-bond donors (Lipinski definition) is 0. The number of Topliss-reactive ketones (excluding diaryl/α,β-unsaturated/α-hetero) is 2. The van der Waals surface area contributed by atoms with Crippen LogP contribution in [-0.2, 0) is 22.4 Å². The van der Waals surface area contributed by atoms with Crippen LogP contribution in [0.1, 0.15) is 41.5 Å². The van der Waals surface area contributed by atoms with Gasteiger partial charge < -0.3 is 9.47 Å². The van der Waals surface area contributed by atoms with Crippen molar-refractivity contribution in [2.45, 2.75) is 46.0 Å². The van der Waals surface area contributed by atoms with E-state index in [0.29, 0.717) is 25.7 Å². The summed E-state index contributed by atoms with van der Waals surface area (Å²) in [7, 11) is 3.28. The summed E-state index contributed by atoms with van der Waals surface area (Å²) in [5.74, 6) is 1.62. The van der Waals surface area contributed by atoms with Crippen molar-refractivity contribution in [2.24, 2.45) is 0 Å². The summed E-state index contributed by atoms with van der Waals surface area (Å²) in [4.78, 5) is 24.3. The number of aryl methyl sites for hydroxylation is 4. The molecule has 0 fully saturated rings. The molecule has 144 valence electrons. The highest BCUT2D eigenvalue weighted by atomic mass is 16.5. The number of ether oxygens (including phenoxy) is 2. The first-order valence-corrected chi connectivity index (χ1v) is 9.23. The molecule has 27 heavy (non-hydrogen) atoms. The Kier molecular flexibility index (Phi) is 7.59. The quantitative estimate of drug-likeness (QED) is 0.583. The van der Waals surface area contributed by atoms with E-state index < -0.39 is 0 Å². The van der Waals surface area contributed by atoms with Crippen LogP contribution >= 0.6 is 0 Å². The molecule has 0 N–H and O–H groups in total. The van der Waals surface area contributed by atoms with E-state index >= 15 is 0 Å². The largest absolute Gasteiger partial charge is 0.496 e. The van der Waals surface area contributed by atoms with E-state index in [1.54, 1.807) is 14.2 Å². The Morgan fingerprint density at radius 2 is 1.15 bits per heavy atom. The van der Waals surface area contributed by atoms with Gasteiger partial charge in [-0.15, -0.1) is 0 Å². The van der Waals surface area contributed by atoms with Crippen LogP contribution in [0.3, 0.4) is 0 Å². The molecule has 2 aromatic rings. The topological polar surface area (TPSA) is 52.6 Å². The number of ketones is 2. The van der Waals surface area contributed by atoms with Gasteiger partial charge in [0.25, 0.3) is 0 Å². The molecule has 0 atom stereocenters. The van der Waals surface area contributed by atoms with Gasteiger partial charge in [0, 0.05) is 12.8 Å². The van der Waals surface area contributed by atoms with Crippen molar-refractivity contribution in [3.8, 4) is 11.5 Å². The Morgan fingerprint density at radius 1 is 0.741 bits per heavy atom. The molecule has 0 bridgehead atoms. The Labute approximate surface area is 161 Å². The first-order valence-electron chi connectivity index (χ1n) is 9.23. The summed E-state index contributed by atoms with van der Waals surface area (Å²) in [5.41, 5.74) is 4.22. The molecule has 0 saturated heterocycles. The van der Waals surface area contributed by atoms with Gasteiger partial charge >= 0.3 is 0 Å². The molecule has 0 amide bonds. The smallest absolute Gasteiger partial charge is 0.140 e. The monoisotopic (exact) mass is 368 g/mol. The molecule has 0 spiro atoms. The van der Waals surface area contributed by atoms with Gasteiger partial charge in [0.1, 0.15) is 23.1 Å². The van der Waals surface area contributed by atoms with Crippen molar-refractivity contribution in [3.63, 3.8) is 0 Å². The van der Waals surface area contributed by atoms with Crippen LogP contribution < -0.4 is 9.47 Å². The number of carbonyl (C=O) groups is 2. The second kappa shape index (κ2) is 9.91. The first kappa shape index (κ1) is 20.7. The summed E-state index contributed by atoms with van der Waals surface area (Å²) in [6, 6.07) is 11.9. The fourth-order valence-electron chi connectivity index (χ4n) is 3.00. The highest BCUT2D eigenvalue weighted by Gasteiger charge is 2.11. The maximum absolute atomic E-state index is 12.1. The van der Waals surface area contributed by atoms with Crippen LogP contribution in [0.2, 0.25) is 0 Å². The number of hydrogen-bond acceptors (Lipinski definition) is 4. The van der Waals surface area contributed by atoms with Crippen molar-refractivity contribution in [1.29, 1.82) is 0 Å². The second-order valence-corrected chi connectivity index (χ2v) is 6.86. The van der Waals surface area contributed by atoms with Crippen molar-refractivity contribution in [1.82, 2.24) is 0 Å². The zero-order chi connectivity index (χ0) is 19.8. The molecule has 4 nitrogen and oxygen atoms in total. The van der Waals surface area contributed by atoms with E-state index in [9.17, 15) is 9.59 Å². The van der Waals surface area contributed by atoms with Gasteiger partial charge in [-0.25, -0.2) is 0 Å². The molecule has 0 aliphatic carbocycles. The molecule has 2 rings (SSSR count). The Balaban J connectivity index is 1.79. The predicted octanol–water partition coefficient (Wildman–Crippen LogP) is 4.41. The summed E-state index contributed by atoms with van der Waals surface area (Å²) in [6.07, 6.45) is 1.99. The van der Waals surface area contributed by atoms with Crippen molar-refractivity contribution >= 4 is 11.6 Å². The minimum Gasteiger partial charge on any atom is -0.496 e. The van der Waals surface area contributed by atoms with Crippen LogP contribution in [0.25, 0.3) is 0 Å². The predicted molar refractivity (Wildman–Crippen MR) is 107 cm³/mol. The normalized spacial score (nSPS) is 10.5. The fourth-order valence-corrected chi connectivity index (χ4v) is 3.00. The zero-order valence-corrected chi connectivity index (χ0v) is 16.6. The molecule has 0 saturated carbocycles. The first-order chi connectivity index (χ1) is 12.9. The Bertz CT molecular complexity index is 741. The molecular formula is C23H28O4. The summed E-state index contributed by atoms with van der Waals surface area (Å²) in [6.45, 7) is 3.96. The van der Waals surface area contributed by atoms with Gasteiger partial charge in [0.2, 0.25) is 0 Å². The molecule has 4 heteroatoms. The zero-order valence-electron chi connectivity index (χ0n) is 16.6. The van der Waals surface area contributed by atoms with Crippen LogP contribution in [0, 0.1) is 13.8 Å². The van der Waals surface area contributed by atoms with Crippen molar-refractivity contribution in [2.75, 3.05) is 14.2 Å². The third kappa shape index (κ3) is 6.24. The van der Waals surface area contributed by atoms with Crippen molar-refractivity contribution in [3.05, 3.63) is 58.7 Å². The van der Waals surface area contributed by atoms with Gasteiger partial charge in [0.05, 0.1) is 20.6 Å². The van der Waals surface area contributed by atoms with Gasteiger partial charge in [-0.05, 0) is 61.1 Å². The number of benzene rings is 2. The van der Waals surface area contributed by atoms with E-state index in [-0.39, 0.29) is 18.0 Å². The lowest BCUT2D eigenvalue weighted by atomic mass is 10.00. The highest BCUT2D eigenvalue weighted by Crippen LogP contribution is 2.21. The molecule has 2 aromatic carbocycles. The molecule has 0 radical (unpaired) electrons. The minimum atomic E-state index is -0.0129. The SMILES string of the molecule is COc1cc(CCC(=O)CC(=O)CCc2ccc(C)c(OC)c2)ccc1C.